The lowest BCUT2D eigenvalue weighted by Gasteiger charge is -2.40. The lowest BCUT2D eigenvalue weighted by Crippen LogP contribution is -2.29. The molecular formula is C41H34O2S2. The molecule has 0 bridgehead atoms. The van der Waals surface area contributed by atoms with E-state index in [1.807, 2.05) is 23.9 Å². The molecule has 6 aromatic rings. The average molecular weight is 623 g/mol. The second kappa shape index (κ2) is 14.1. The number of carboxylic acid groups (broad SMARTS) is 1. The van der Waals surface area contributed by atoms with E-state index in [9.17, 15) is 9.90 Å². The Morgan fingerprint density at radius 2 is 0.800 bits per heavy atom. The fourth-order valence-corrected chi connectivity index (χ4v) is 9.22. The Bertz CT molecular complexity index is 1670. The van der Waals surface area contributed by atoms with Crippen LogP contribution in [0.1, 0.15) is 39.8 Å². The molecular weight excluding hydrogens is 589 g/mol. The fourth-order valence-electron chi connectivity index (χ4n) is 6.07. The number of carbonyl (C=O) groups is 1. The summed E-state index contributed by atoms with van der Waals surface area (Å²) in [7, 11) is 0. The van der Waals surface area contributed by atoms with Crippen LogP contribution in [0.4, 0.5) is 0 Å². The molecule has 0 saturated heterocycles. The number of carboxylic acids is 1. The molecule has 0 aliphatic rings. The van der Waals surface area contributed by atoms with E-state index in [1.165, 1.54) is 16.7 Å². The van der Waals surface area contributed by atoms with Crippen molar-refractivity contribution in [1.29, 1.82) is 0 Å². The number of hydrogen-bond donors (Lipinski definition) is 1. The lowest BCUT2D eigenvalue weighted by molar-refractivity contribution is -0.136. The quantitative estimate of drug-likeness (QED) is 0.109. The second-order valence-corrected chi connectivity index (χ2v) is 13.3. The SMILES string of the molecule is O=C(O)CCSC(c1ccccc1)(c1ccccc1)c1ccccc1SC(c1ccccc1)(c1ccccc1)c1ccccc1. The van der Waals surface area contributed by atoms with Gasteiger partial charge in [0.15, 0.2) is 0 Å². The summed E-state index contributed by atoms with van der Waals surface area (Å²) in [4.78, 5) is 12.9. The minimum absolute atomic E-state index is 0.0728. The normalized spacial score (nSPS) is 11.6. The maximum absolute atomic E-state index is 11.8. The molecule has 0 spiro atoms. The molecule has 1 N–H and O–H groups in total. The van der Waals surface area contributed by atoms with E-state index < -0.39 is 15.5 Å². The minimum Gasteiger partial charge on any atom is -0.481 e. The van der Waals surface area contributed by atoms with Gasteiger partial charge in [-0.25, -0.2) is 0 Å². The first-order chi connectivity index (χ1) is 22.1. The zero-order valence-electron chi connectivity index (χ0n) is 24.8. The molecule has 0 heterocycles. The van der Waals surface area contributed by atoms with Gasteiger partial charge in [0.2, 0.25) is 0 Å². The van der Waals surface area contributed by atoms with E-state index in [1.54, 1.807) is 11.8 Å². The Labute approximate surface area is 274 Å². The predicted octanol–water partition coefficient (Wildman–Crippen LogP) is 10.3. The molecule has 0 unspecified atom stereocenters. The minimum atomic E-state index is -0.795. The van der Waals surface area contributed by atoms with E-state index in [0.29, 0.717) is 5.75 Å². The Morgan fingerprint density at radius 3 is 1.18 bits per heavy atom. The molecule has 0 amide bonds. The maximum atomic E-state index is 11.8. The van der Waals surface area contributed by atoms with Crippen LogP contribution in [0.3, 0.4) is 0 Å². The highest BCUT2D eigenvalue weighted by Gasteiger charge is 2.43. The molecule has 6 aromatic carbocycles. The van der Waals surface area contributed by atoms with Crippen LogP contribution < -0.4 is 0 Å². The van der Waals surface area contributed by atoms with Gasteiger partial charge in [0, 0.05) is 10.6 Å². The molecule has 0 fully saturated rings. The van der Waals surface area contributed by atoms with E-state index in [2.05, 4.69) is 164 Å². The van der Waals surface area contributed by atoms with Crippen LogP contribution in [0.15, 0.2) is 181 Å². The number of rotatable bonds is 12. The standard InChI is InChI=1S/C41H34O2S2/c42-39(43)30-31-44-41(35-24-12-4-13-25-35,36-26-14-5-15-27-36)37-28-16-17-29-38(37)45-40(32-18-6-1-7-19-32,33-20-8-2-9-21-33)34-22-10-3-11-23-34/h1-29H,30-31H2,(H,42,43). The van der Waals surface area contributed by atoms with Gasteiger partial charge in [-0.15, -0.1) is 23.5 Å². The Kier molecular flexibility index (Phi) is 9.54. The van der Waals surface area contributed by atoms with Gasteiger partial charge in [0.25, 0.3) is 0 Å². The number of aliphatic carboxylic acids is 1. The van der Waals surface area contributed by atoms with E-state index in [-0.39, 0.29) is 6.42 Å². The first-order valence-corrected chi connectivity index (χ1v) is 16.9. The van der Waals surface area contributed by atoms with Crippen molar-refractivity contribution in [2.45, 2.75) is 20.8 Å². The van der Waals surface area contributed by atoms with Gasteiger partial charge in [-0.1, -0.05) is 170 Å². The van der Waals surface area contributed by atoms with Crippen LogP contribution in [-0.2, 0) is 14.3 Å². The number of thioether (sulfide) groups is 2. The smallest absolute Gasteiger partial charge is 0.304 e. The molecule has 4 heteroatoms. The van der Waals surface area contributed by atoms with Crippen LogP contribution in [-0.4, -0.2) is 16.8 Å². The Balaban J connectivity index is 1.64. The third kappa shape index (κ3) is 6.22. The summed E-state index contributed by atoms with van der Waals surface area (Å²) in [6, 6.07) is 61.9. The predicted molar refractivity (Wildman–Crippen MR) is 189 cm³/mol. The molecule has 0 saturated carbocycles. The van der Waals surface area contributed by atoms with Crippen molar-refractivity contribution in [3.8, 4) is 0 Å². The number of benzene rings is 6. The van der Waals surface area contributed by atoms with Gasteiger partial charge >= 0.3 is 5.97 Å². The molecule has 6 rings (SSSR count). The third-order valence-corrected chi connectivity index (χ3v) is 11.2. The summed E-state index contributed by atoms with van der Waals surface area (Å²) in [5.41, 5.74) is 6.92. The van der Waals surface area contributed by atoms with Crippen molar-refractivity contribution in [2.75, 3.05) is 5.75 Å². The zero-order chi connectivity index (χ0) is 31.0. The highest BCUT2D eigenvalue weighted by molar-refractivity contribution is 8.01. The maximum Gasteiger partial charge on any atom is 0.304 e. The van der Waals surface area contributed by atoms with E-state index >= 15 is 0 Å². The van der Waals surface area contributed by atoms with Crippen molar-refractivity contribution >= 4 is 29.5 Å². The van der Waals surface area contributed by atoms with Crippen molar-refractivity contribution in [2.24, 2.45) is 0 Å². The molecule has 45 heavy (non-hydrogen) atoms. The topological polar surface area (TPSA) is 37.3 Å². The van der Waals surface area contributed by atoms with Gasteiger partial charge < -0.3 is 5.11 Å². The molecule has 0 aromatic heterocycles. The van der Waals surface area contributed by atoms with E-state index in [4.69, 9.17) is 0 Å². The Morgan fingerprint density at radius 1 is 0.467 bits per heavy atom. The summed E-state index contributed by atoms with van der Waals surface area (Å²) in [6.07, 6.45) is 0.0728. The molecule has 0 aliphatic heterocycles. The molecule has 222 valence electrons. The van der Waals surface area contributed by atoms with Crippen molar-refractivity contribution in [3.63, 3.8) is 0 Å². The fraction of sp³-hybridized carbons (Fsp3) is 0.0976. The highest BCUT2D eigenvalue weighted by atomic mass is 32.2. The van der Waals surface area contributed by atoms with Crippen molar-refractivity contribution in [1.82, 2.24) is 0 Å². The van der Waals surface area contributed by atoms with Crippen LogP contribution in [0, 0.1) is 0 Å². The first kappa shape index (κ1) is 30.5. The second-order valence-electron chi connectivity index (χ2n) is 10.8. The molecule has 2 nitrogen and oxygen atoms in total. The summed E-state index contributed by atoms with van der Waals surface area (Å²) in [6.45, 7) is 0. The number of hydrogen-bond acceptors (Lipinski definition) is 3. The van der Waals surface area contributed by atoms with Gasteiger partial charge in [-0.05, 0) is 39.4 Å². The van der Waals surface area contributed by atoms with Crippen LogP contribution in [0.25, 0.3) is 0 Å². The largest absolute Gasteiger partial charge is 0.481 e. The van der Waals surface area contributed by atoms with Gasteiger partial charge in [-0.3, -0.25) is 4.79 Å². The first-order valence-electron chi connectivity index (χ1n) is 15.1. The average Bonchev–Trinajstić information content (AvgIpc) is 3.11. The highest BCUT2D eigenvalue weighted by Crippen LogP contribution is 2.57. The molecule has 0 atom stereocenters. The van der Waals surface area contributed by atoms with Crippen LogP contribution >= 0.6 is 23.5 Å². The van der Waals surface area contributed by atoms with Gasteiger partial charge in [-0.2, -0.15) is 0 Å². The zero-order valence-corrected chi connectivity index (χ0v) is 26.5. The van der Waals surface area contributed by atoms with Gasteiger partial charge in [0.1, 0.15) is 0 Å². The summed E-state index contributed by atoms with van der Waals surface area (Å²) >= 11 is 3.54. The summed E-state index contributed by atoms with van der Waals surface area (Å²) < 4.78 is -1.22. The van der Waals surface area contributed by atoms with Crippen LogP contribution in [0.2, 0.25) is 0 Å². The Hall–Kier alpha value is -4.51. The van der Waals surface area contributed by atoms with E-state index in [0.717, 1.165) is 21.6 Å². The molecule has 0 radical (unpaired) electrons. The van der Waals surface area contributed by atoms with Crippen molar-refractivity contribution in [3.05, 3.63) is 209 Å². The lowest BCUT2D eigenvalue weighted by atomic mass is 9.83. The summed E-state index contributed by atoms with van der Waals surface area (Å²) in [5.74, 6) is -0.337. The van der Waals surface area contributed by atoms with Crippen molar-refractivity contribution < 1.29 is 9.90 Å². The van der Waals surface area contributed by atoms with Crippen LogP contribution in [0.5, 0.6) is 0 Å². The third-order valence-electron chi connectivity index (χ3n) is 8.07. The van der Waals surface area contributed by atoms with Gasteiger partial charge in [0.05, 0.1) is 15.9 Å². The molecule has 0 aliphatic carbocycles. The summed E-state index contributed by atoms with van der Waals surface area (Å²) in [5, 5.41) is 9.69. The monoisotopic (exact) mass is 622 g/mol.